The van der Waals surface area contributed by atoms with Gasteiger partial charge in [0, 0.05) is 25.2 Å². The van der Waals surface area contributed by atoms with Gasteiger partial charge in [-0.15, -0.1) is 0 Å². The van der Waals surface area contributed by atoms with E-state index in [1.54, 1.807) is 50.5 Å². The van der Waals surface area contributed by atoms with Crippen molar-refractivity contribution >= 4 is 34.4 Å². The van der Waals surface area contributed by atoms with Gasteiger partial charge in [-0.2, -0.15) is 5.26 Å². The highest BCUT2D eigenvalue weighted by atomic mass is 127. The van der Waals surface area contributed by atoms with Crippen molar-refractivity contribution in [1.29, 1.82) is 5.26 Å². The molecule has 2 aromatic carbocycles. The number of nitriles is 1. The second-order valence-electron chi connectivity index (χ2n) is 5.64. The fraction of sp³-hybridized carbons (Fsp3) is 0.211. The highest BCUT2D eigenvalue weighted by Gasteiger charge is 2.10. The van der Waals surface area contributed by atoms with Crippen LogP contribution in [0.5, 0.6) is 5.75 Å². The van der Waals surface area contributed by atoms with Crippen LogP contribution < -0.4 is 10.1 Å². The van der Waals surface area contributed by atoms with Gasteiger partial charge in [0.05, 0.1) is 21.7 Å². The van der Waals surface area contributed by atoms with Crippen LogP contribution >= 0.6 is 22.6 Å². The van der Waals surface area contributed by atoms with E-state index in [4.69, 9.17) is 10.00 Å². The Balaban J connectivity index is 1.86. The highest BCUT2D eigenvalue weighted by Crippen LogP contribution is 2.21. The quantitative estimate of drug-likeness (QED) is 0.528. The smallest absolute Gasteiger partial charge is 0.253 e. The minimum absolute atomic E-state index is 0.112. The molecule has 0 saturated carbocycles. The SMILES string of the molecule is CN(C)C(=O)c1ccc(C(=O)NCCOc2cc(C#N)ccc2I)cc1. The number of hydrogen-bond acceptors (Lipinski definition) is 4. The summed E-state index contributed by atoms with van der Waals surface area (Å²) in [5.41, 5.74) is 1.53. The van der Waals surface area contributed by atoms with Crippen LogP contribution in [-0.2, 0) is 0 Å². The van der Waals surface area contributed by atoms with E-state index < -0.39 is 0 Å². The van der Waals surface area contributed by atoms with Gasteiger partial charge in [-0.1, -0.05) is 0 Å². The number of benzene rings is 2. The van der Waals surface area contributed by atoms with Crippen molar-refractivity contribution in [3.8, 4) is 11.8 Å². The standard InChI is InChI=1S/C19H18IN3O3/c1-23(2)19(25)15-6-4-14(5-7-15)18(24)22-9-10-26-17-11-13(12-21)3-8-16(17)20/h3-8,11H,9-10H2,1-2H3,(H,22,24). The summed E-state index contributed by atoms with van der Waals surface area (Å²) in [5.74, 6) is 0.267. The van der Waals surface area contributed by atoms with Gasteiger partial charge in [0.15, 0.2) is 0 Å². The monoisotopic (exact) mass is 463 g/mol. The van der Waals surface area contributed by atoms with Gasteiger partial charge in [-0.05, 0) is 65.1 Å². The maximum Gasteiger partial charge on any atom is 0.253 e. The van der Waals surface area contributed by atoms with Gasteiger partial charge in [0.25, 0.3) is 11.8 Å². The Morgan fingerprint density at radius 3 is 2.42 bits per heavy atom. The minimum Gasteiger partial charge on any atom is -0.491 e. The van der Waals surface area contributed by atoms with Gasteiger partial charge >= 0.3 is 0 Å². The second-order valence-corrected chi connectivity index (χ2v) is 6.80. The number of ether oxygens (including phenoxy) is 1. The topological polar surface area (TPSA) is 82.4 Å². The van der Waals surface area contributed by atoms with Crippen LogP contribution in [0.2, 0.25) is 0 Å². The third-order valence-corrected chi connectivity index (χ3v) is 4.40. The van der Waals surface area contributed by atoms with E-state index in [1.165, 1.54) is 4.90 Å². The summed E-state index contributed by atoms with van der Waals surface area (Å²) in [6.07, 6.45) is 0. The fourth-order valence-corrected chi connectivity index (χ4v) is 2.62. The zero-order valence-corrected chi connectivity index (χ0v) is 16.6. The Kier molecular flexibility index (Phi) is 6.97. The van der Waals surface area contributed by atoms with Gasteiger partial charge in [0.1, 0.15) is 12.4 Å². The molecule has 134 valence electrons. The molecule has 0 aromatic heterocycles. The molecule has 1 N–H and O–H groups in total. The molecule has 2 aromatic rings. The van der Waals surface area contributed by atoms with E-state index in [-0.39, 0.29) is 18.4 Å². The number of nitrogens with one attached hydrogen (secondary N) is 1. The predicted molar refractivity (Wildman–Crippen MR) is 106 cm³/mol. The van der Waals surface area contributed by atoms with Crippen LogP contribution in [0.1, 0.15) is 26.3 Å². The molecule has 2 amide bonds. The molecule has 0 bridgehead atoms. The van der Waals surface area contributed by atoms with E-state index in [9.17, 15) is 9.59 Å². The molecule has 0 fully saturated rings. The molecule has 2 rings (SSSR count). The van der Waals surface area contributed by atoms with Crippen LogP contribution in [-0.4, -0.2) is 44.0 Å². The van der Waals surface area contributed by atoms with Crippen LogP contribution in [0.25, 0.3) is 0 Å². The third kappa shape index (κ3) is 5.20. The lowest BCUT2D eigenvalue weighted by molar-refractivity contribution is 0.0826. The van der Waals surface area contributed by atoms with Crippen LogP contribution in [0.3, 0.4) is 0 Å². The zero-order valence-electron chi connectivity index (χ0n) is 14.5. The number of carbonyl (C=O) groups excluding carboxylic acids is 2. The molecule has 6 nitrogen and oxygen atoms in total. The number of hydrogen-bond donors (Lipinski definition) is 1. The van der Waals surface area contributed by atoms with Crippen molar-refractivity contribution in [3.05, 3.63) is 62.7 Å². The Hall–Kier alpha value is -2.60. The van der Waals surface area contributed by atoms with Crippen molar-refractivity contribution < 1.29 is 14.3 Å². The Labute approximate surface area is 165 Å². The molecule has 0 spiro atoms. The van der Waals surface area contributed by atoms with Crippen LogP contribution in [0.15, 0.2) is 42.5 Å². The Morgan fingerprint density at radius 1 is 1.15 bits per heavy atom. The molecule has 7 heteroatoms. The van der Waals surface area contributed by atoms with Gasteiger partial charge in [0.2, 0.25) is 0 Å². The first-order chi connectivity index (χ1) is 12.4. The lowest BCUT2D eigenvalue weighted by Gasteiger charge is -2.11. The summed E-state index contributed by atoms with van der Waals surface area (Å²) < 4.78 is 6.52. The molecule has 0 unspecified atom stereocenters. The first-order valence-corrected chi connectivity index (χ1v) is 8.92. The number of halogens is 1. The lowest BCUT2D eigenvalue weighted by Crippen LogP contribution is -2.28. The Bertz CT molecular complexity index is 842. The lowest BCUT2D eigenvalue weighted by atomic mass is 10.1. The largest absolute Gasteiger partial charge is 0.491 e. The predicted octanol–water partition coefficient (Wildman–Crippen LogP) is 2.67. The summed E-state index contributed by atoms with van der Waals surface area (Å²) in [7, 11) is 3.35. The van der Waals surface area contributed by atoms with Crippen LogP contribution in [0, 0.1) is 14.9 Å². The van der Waals surface area contributed by atoms with Crippen LogP contribution in [0.4, 0.5) is 0 Å². The Morgan fingerprint density at radius 2 is 1.81 bits per heavy atom. The molecular formula is C19H18IN3O3. The van der Waals surface area contributed by atoms with E-state index in [0.717, 1.165) is 3.57 Å². The molecule has 0 atom stereocenters. The molecule has 0 aliphatic rings. The molecular weight excluding hydrogens is 445 g/mol. The number of carbonyl (C=O) groups is 2. The molecule has 0 radical (unpaired) electrons. The van der Waals surface area contributed by atoms with Crippen molar-refractivity contribution in [2.45, 2.75) is 0 Å². The number of amides is 2. The normalized spacial score (nSPS) is 9.92. The van der Waals surface area contributed by atoms with Gasteiger partial charge in [-0.3, -0.25) is 9.59 Å². The van der Waals surface area contributed by atoms with Crippen molar-refractivity contribution in [3.63, 3.8) is 0 Å². The first kappa shape index (κ1) is 19.7. The average molecular weight is 463 g/mol. The molecule has 0 saturated heterocycles. The van der Waals surface area contributed by atoms with Crippen molar-refractivity contribution in [1.82, 2.24) is 10.2 Å². The maximum absolute atomic E-state index is 12.1. The number of nitrogens with zero attached hydrogens (tertiary/aromatic N) is 2. The summed E-state index contributed by atoms with van der Waals surface area (Å²) in [6.45, 7) is 0.609. The van der Waals surface area contributed by atoms with E-state index in [2.05, 4.69) is 34.0 Å². The van der Waals surface area contributed by atoms with E-state index >= 15 is 0 Å². The van der Waals surface area contributed by atoms with E-state index in [1.807, 2.05) is 6.07 Å². The molecule has 0 heterocycles. The summed E-state index contributed by atoms with van der Waals surface area (Å²) in [4.78, 5) is 25.4. The van der Waals surface area contributed by atoms with Gasteiger partial charge < -0.3 is 15.0 Å². The highest BCUT2D eigenvalue weighted by molar-refractivity contribution is 14.1. The number of rotatable bonds is 6. The average Bonchev–Trinajstić information content (AvgIpc) is 2.65. The summed E-state index contributed by atoms with van der Waals surface area (Å²) in [5, 5.41) is 11.7. The minimum atomic E-state index is -0.238. The zero-order chi connectivity index (χ0) is 19.1. The maximum atomic E-state index is 12.1. The first-order valence-electron chi connectivity index (χ1n) is 7.84. The second kappa shape index (κ2) is 9.20. The molecule has 0 aliphatic heterocycles. The third-order valence-electron chi connectivity index (χ3n) is 3.51. The molecule has 0 aliphatic carbocycles. The van der Waals surface area contributed by atoms with Crippen molar-refractivity contribution in [2.24, 2.45) is 0 Å². The molecule has 26 heavy (non-hydrogen) atoms. The van der Waals surface area contributed by atoms with E-state index in [0.29, 0.717) is 29.0 Å². The fourth-order valence-electron chi connectivity index (χ4n) is 2.13. The summed E-state index contributed by atoms with van der Waals surface area (Å²) in [6, 6.07) is 13.8. The van der Waals surface area contributed by atoms with Crippen molar-refractivity contribution in [2.75, 3.05) is 27.2 Å². The van der Waals surface area contributed by atoms with Gasteiger partial charge in [-0.25, -0.2) is 0 Å². The summed E-state index contributed by atoms with van der Waals surface area (Å²) >= 11 is 2.13.